The quantitative estimate of drug-likeness (QED) is 0.795. The van der Waals surface area contributed by atoms with Crippen molar-refractivity contribution < 1.29 is 14.3 Å². The van der Waals surface area contributed by atoms with Gasteiger partial charge in [-0.1, -0.05) is 31.0 Å². The number of morpholine rings is 1. The number of carbonyl (C=O) groups excluding carboxylic acids is 1. The molecule has 0 unspecified atom stereocenters. The van der Waals surface area contributed by atoms with Crippen LogP contribution in [0.25, 0.3) is 11.1 Å². The predicted molar refractivity (Wildman–Crippen MR) is 116 cm³/mol. The zero-order valence-electron chi connectivity index (χ0n) is 17.7. The van der Waals surface area contributed by atoms with Crippen LogP contribution in [0, 0.1) is 0 Å². The fourth-order valence-electron chi connectivity index (χ4n) is 4.81. The predicted octanol–water partition coefficient (Wildman–Crippen LogP) is 3.02. The highest BCUT2D eigenvalue weighted by molar-refractivity contribution is 5.77. The fourth-order valence-corrected chi connectivity index (χ4v) is 4.81. The van der Waals surface area contributed by atoms with Crippen molar-refractivity contribution in [2.24, 2.45) is 0 Å². The topological polar surface area (TPSA) is 63.7 Å². The summed E-state index contributed by atoms with van der Waals surface area (Å²) < 4.78 is 11.4. The van der Waals surface area contributed by atoms with Crippen molar-refractivity contribution in [2.45, 2.75) is 43.9 Å². The fraction of sp³-hybridized carbons (Fsp3) is 0.500. The van der Waals surface area contributed by atoms with E-state index in [0.29, 0.717) is 6.61 Å². The minimum atomic E-state index is -0.303. The molecule has 1 N–H and O–H groups in total. The van der Waals surface area contributed by atoms with E-state index in [0.717, 1.165) is 45.3 Å². The summed E-state index contributed by atoms with van der Waals surface area (Å²) in [5, 5.41) is 3.17. The molecule has 6 heteroatoms. The van der Waals surface area contributed by atoms with Crippen molar-refractivity contribution in [3.8, 4) is 11.1 Å². The van der Waals surface area contributed by atoms with E-state index >= 15 is 0 Å². The number of hydrogen-bond donors (Lipinski definition) is 1. The average Bonchev–Trinajstić information content (AvgIpc) is 2.77. The van der Waals surface area contributed by atoms with E-state index in [-0.39, 0.29) is 24.2 Å². The first-order valence-corrected chi connectivity index (χ1v) is 10.8. The van der Waals surface area contributed by atoms with Gasteiger partial charge in [0.05, 0.1) is 12.6 Å². The number of benzene rings is 1. The third kappa shape index (κ3) is 4.89. The molecule has 1 aliphatic heterocycles. The van der Waals surface area contributed by atoms with Crippen LogP contribution in [0.15, 0.2) is 48.8 Å². The van der Waals surface area contributed by atoms with Gasteiger partial charge in [0.1, 0.15) is 12.2 Å². The minimum absolute atomic E-state index is 0.0415. The first-order valence-electron chi connectivity index (χ1n) is 10.8. The number of nitrogens with zero attached hydrogens (tertiary/aromatic N) is 2. The lowest BCUT2D eigenvalue weighted by Crippen LogP contribution is -2.64. The van der Waals surface area contributed by atoms with Crippen LogP contribution in [0.1, 0.15) is 31.2 Å². The molecule has 1 aromatic carbocycles. The van der Waals surface area contributed by atoms with Gasteiger partial charge in [-0.15, -0.1) is 0 Å². The molecule has 2 aromatic rings. The van der Waals surface area contributed by atoms with Crippen LogP contribution in [0.3, 0.4) is 0 Å². The third-order valence-corrected chi connectivity index (χ3v) is 6.22. The number of pyridine rings is 1. The van der Waals surface area contributed by atoms with Crippen LogP contribution in [0.4, 0.5) is 0 Å². The molecule has 2 aliphatic rings. The Balaban J connectivity index is 1.46. The normalized spacial score (nSPS) is 24.6. The number of methoxy groups -OCH3 is 1. The van der Waals surface area contributed by atoms with E-state index < -0.39 is 0 Å². The average molecular weight is 410 g/mol. The molecule has 1 aliphatic carbocycles. The van der Waals surface area contributed by atoms with Crippen molar-refractivity contribution in [1.29, 1.82) is 0 Å². The van der Waals surface area contributed by atoms with Crippen molar-refractivity contribution in [2.75, 3.05) is 33.4 Å². The smallest absolute Gasteiger partial charge is 0.246 e. The SMILES string of the molecule is COCC(=O)N[C@H]1CCCC[C@]12CN(Cc1cccc(-c3ccncc3)c1)CCO2. The third-order valence-electron chi connectivity index (χ3n) is 6.22. The largest absolute Gasteiger partial charge is 0.375 e. The summed E-state index contributed by atoms with van der Waals surface area (Å²) in [6.45, 7) is 3.41. The lowest BCUT2D eigenvalue weighted by atomic mass is 9.78. The van der Waals surface area contributed by atoms with Gasteiger partial charge in [-0.3, -0.25) is 14.7 Å². The van der Waals surface area contributed by atoms with E-state index in [1.807, 2.05) is 24.5 Å². The van der Waals surface area contributed by atoms with Crippen LogP contribution in [0.5, 0.6) is 0 Å². The Kier molecular flexibility index (Phi) is 6.77. The number of ether oxygens (including phenoxy) is 2. The molecule has 6 nitrogen and oxygen atoms in total. The summed E-state index contributed by atoms with van der Waals surface area (Å²) in [4.78, 5) is 18.8. The summed E-state index contributed by atoms with van der Waals surface area (Å²) in [5.41, 5.74) is 3.37. The van der Waals surface area contributed by atoms with Gasteiger partial charge < -0.3 is 14.8 Å². The maximum atomic E-state index is 12.2. The van der Waals surface area contributed by atoms with E-state index in [4.69, 9.17) is 9.47 Å². The molecule has 0 radical (unpaired) electrons. The Labute approximate surface area is 178 Å². The molecule has 0 bridgehead atoms. The van der Waals surface area contributed by atoms with Gasteiger partial charge in [-0.2, -0.15) is 0 Å². The number of rotatable bonds is 6. The Morgan fingerprint density at radius 2 is 2.13 bits per heavy atom. The maximum absolute atomic E-state index is 12.2. The highest BCUT2D eigenvalue weighted by atomic mass is 16.5. The maximum Gasteiger partial charge on any atom is 0.246 e. The summed E-state index contributed by atoms with van der Waals surface area (Å²) >= 11 is 0. The molecule has 1 saturated heterocycles. The van der Waals surface area contributed by atoms with E-state index in [9.17, 15) is 4.79 Å². The van der Waals surface area contributed by atoms with Gasteiger partial charge in [0.15, 0.2) is 0 Å². The molecule has 4 rings (SSSR count). The second-order valence-corrected chi connectivity index (χ2v) is 8.36. The minimum Gasteiger partial charge on any atom is -0.375 e. The van der Waals surface area contributed by atoms with Crippen LogP contribution in [-0.2, 0) is 20.8 Å². The summed E-state index contributed by atoms with van der Waals surface area (Å²) in [5.74, 6) is -0.0606. The number of carbonyl (C=O) groups is 1. The van der Waals surface area contributed by atoms with E-state index in [1.54, 1.807) is 7.11 Å². The number of hydrogen-bond acceptors (Lipinski definition) is 5. The molecule has 160 valence electrons. The molecule has 2 atom stereocenters. The highest BCUT2D eigenvalue weighted by Crippen LogP contribution is 2.35. The summed E-state index contributed by atoms with van der Waals surface area (Å²) in [7, 11) is 1.55. The molecule has 2 fully saturated rings. The number of aromatic nitrogens is 1. The molecule has 1 saturated carbocycles. The second-order valence-electron chi connectivity index (χ2n) is 8.36. The van der Waals surface area contributed by atoms with Crippen molar-refractivity contribution in [3.63, 3.8) is 0 Å². The molecular formula is C24H31N3O3. The zero-order valence-corrected chi connectivity index (χ0v) is 17.7. The molecule has 2 heterocycles. The Morgan fingerprint density at radius 1 is 1.27 bits per heavy atom. The van der Waals surface area contributed by atoms with Crippen molar-refractivity contribution in [3.05, 3.63) is 54.4 Å². The zero-order chi connectivity index (χ0) is 20.8. The Morgan fingerprint density at radius 3 is 2.97 bits per heavy atom. The lowest BCUT2D eigenvalue weighted by molar-refractivity contribution is -0.152. The number of nitrogens with one attached hydrogen (secondary N) is 1. The van der Waals surface area contributed by atoms with Gasteiger partial charge in [0, 0.05) is 39.1 Å². The van der Waals surface area contributed by atoms with Crippen LogP contribution < -0.4 is 5.32 Å². The van der Waals surface area contributed by atoms with Crippen LogP contribution in [-0.4, -0.2) is 60.8 Å². The molecule has 1 amide bonds. The van der Waals surface area contributed by atoms with E-state index in [1.165, 1.54) is 16.7 Å². The van der Waals surface area contributed by atoms with Gasteiger partial charge in [-0.05, 0) is 47.7 Å². The summed E-state index contributed by atoms with van der Waals surface area (Å²) in [6, 6.07) is 12.8. The number of amides is 1. The van der Waals surface area contributed by atoms with Gasteiger partial charge >= 0.3 is 0 Å². The van der Waals surface area contributed by atoms with Crippen molar-refractivity contribution >= 4 is 5.91 Å². The monoisotopic (exact) mass is 409 g/mol. The first kappa shape index (κ1) is 21.0. The lowest BCUT2D eigenvalue weighted by Gasteiger charge is -2.49. The second kappa shape index (κ2) is 9.69. The highest BCUT2D eigenvalue weighted by Gasteiger charge is 2.45. The first-order chi connectivity index (χ1) is 14.7. The molecule has 30 heavy (non-hydrogen) atoms. The van der Waals surface area contributed by atoms with E-state index in [2.05, 4.69) is 39.5 Å². The standard InChI is InChI=1S/C24H31N3O3/c1-29-17-23(28)26-22-7-2-3-10-24(22)18-27(13-14-30-24)16-19-5-4-6-21(15-19)20-8-11-25-12-9-20/h4-6,8-9,11-12,15,22H,2-3,7,10,13-14,16-18H2,1H3,(H,26,28)/t22-,24-/m0/s1. The Bertz CT molecular complexity index is 841. The molecular weight excluding hydrogens is 378 g/mol. The van der Waals surface area contributed by atoms with Gasteiger partial charge in [0.25, 0.3) is 0 Å². The van der Waals surface area contributed by atoms with Gasteiger partial charge in [0.2, 0.25) is 5.91 Å². The van der Waals surface area contributed by atoms with Gasteiger partial charge in [-0.25, -0.2) is 0 Å². The molecule has 1 aromatic heterocycles. The van der Waals surface area contributed by atoms with Crippen molar-refractivity contribution in [1.82, 2.24) is 15.2 Å². The summed E-state index contributed by atoms with van der Waals surface area (Å²) in [6.07, 6.45) is 7.86. The van der Waals surface area contributed by atoms with Crippen LogP contribution in [0.2, 0.25) is 0 Å². The molecule has 1 spiro atoms. The van der Waals surface area contributed by atoms with Crippen LogP contribution >= 0.6 is 0 Å². The Hall–Kier alpha value is -2.28.